The van der Waals surface area contributed by atoms with Crippen LogP contribution >= 0.6 is 0 Å². The van der Waals surface area contributed by atoms with Gasteiger partial charge in [0.05, 0.1) is 41.3 Å². The van der Waals surface area contributed by atoms with Crippen molar-refractivity contribution >= 4 is 27.6 Å². The van der Waals surface area contributed by atoms with E-state index in [4.69, 9.17) is 11.6 Å². The van der Waals surface area contributed by atoms with E-state index in [1.807, 2.05) is 48.4 Å². The number of imidazole rings is 1. The molecule has 1 saturated heterocycles. The fourth-order valence-corrected chi connectivity index (χ4v) is 5.34. The summed E-state index contributed by atoms with van der Waals surface area (Å²) in [5.41, 5.74) is 8.03. The Morgan fingerprint density at radius 2 is 1.71 bits per heavy atom. The number of aryl methyl sites for hydroxylation is 1. The fourth-order valence-electron chi connectivity index (χ4n) is 5.34. The summed E-state index contributed by atoms with van der Waals surface area (Å²) < 4.78 is 4.41. The molecule has 0 bridgehead atoms. The molecule has 0 radical (unpaired) electrons. The van der Waals surface area contributed by atoms with E-state index in [2.05, 4.69) is 56.8 Å². The van der Waals surface area contributed by atoms with Crippen LogP contribution in [-0.4, -0.2) is 44.1 Å². The Kier molecular flexibility index (Phi) is 5.35. The number of hydrogen-bond donors (Lipinski definition) is 0. The van der Waals surface area contributed by atoms with Gasteiger partial charge in [0.1, 0.15) is 0 Å². The molecule has 0 N–H and O–H groups in total. The highest BCUT2D eigenvalue weighted by atomic mass is 15.1. The van der Waals surface area contributed by atoms with E-state index in [9.17, 15) is 0 Å². The van der Waals surface area contributed by atoms with Gasteiger partial charge in [0.15, 0.2) is 5.69 Å². The molecule has 4 heterocycles. The van der Waals surface area contributed by atoms with Crippen LogP contribution in [0.5, 0.6) is 0 Å². The van der Waals surface area contributed by atoms with Crippen LogP contribution in [0.4, 0.5) is 5.69 Å². The van der Waals surface area contributed by atoms with Gasteiger partial charge >= 0.3 is 0 Å². The number of likely N-dealkylation sites (tertiary alicyclic amines) is 1. The molecule has 0 saturated carbocycles. The van der Waals surface area contributed by atoms with Crippen LogP contribution in [0.15, 0.2) is 67.3 Å². The van der Waals surface area contributed by atoms with E-state index in [1.54, 1.807) is 0 Å². The van der Waals surface area contributed by atoms with E-state index in [-0.39, 0.29) is 0 Å². The van der Waals surface area contributed by atoms with Gasteiger partial charge in [-0.25, -0.2) is 9.83 Å². The molecule has 5 aromatic rings. The average molecular weight is 461 g/mol. The lowest BCUT2D eigenvalue weighted by molar-refractivity contribution is 0.206. The molecule has 6 rings (SSSR count). The van der Waals surface area contributed by atoms with Crippen LogP contribution in [0.2, 0.25) is 0 Å². The van der Waals surface area contributed by atoms with Crippen molar-refractivity contribution in [2.75, 3.05) is 20.1 Å². The van der Waals surface area contributed by atoms with Crippen LogP contribution in [-0.2, 0) is 13.6 Å². The van der Waals surface area contributed by atoms with Crippen molar-refractivity contribution in [1.82, 2.24) is 24.0 Å². The van der Waals surface area contributed by atoms with Crippen molar-refractivity contribution in [3.8, 4) is 22.4 Å². The second kappa shape index (κ2) is 8.68. The third kappa shape index (κ3) is 3.88. The van der Waals surface area contributed by atoms with Crippen LogP contribution in [0.1, 0.15) is 12.8 Å². The van der Waals surface area contributed by atoms with Gasteiger partial charge in [0.2, 0.25) is 0 Å². The van der Waals surface area contributed by atoms with E-state index >= 15 is 0 Å². The molecule has 0 spiro atoms. The highest BCUT2D eigenvalue weighted by Crippen LogP contribution is 2.38. The third-order valence-corrected chi connectivity index (χ3v) is 7.41. The number of piperidine rings is 1. The van der Waals surface area contributed by atoms with Gasteiger partial charge < -0.3 is 14.0 Å². The number of fused-ring (bicyclic) bond motifs is 2. The quantitative estimate of drug-likeness (QED) is 0.302. The van der Waals surface area contributed by atoms with Crippen LogP contribution in [0.25, 0.3) is 49.2 Å². The predicted octanol–water partition coefficient (Wildman–Crippen LogP) is 6.15. The summed E-state index contributed by atoms with van der Waals surface area (Å²) >= 11 is 0. The Morgan fingerprint density at radius 3 is 2.49 bits per heavy atom. The number of rotatable bonds is 4. The number of benzene rings is 2. The highest BCUT2D eigenvalue weighted by molar-refractivity contribution is 6.02. The molecule has 6 heteroatoms. The van der Waals surface area contributed by atoms with Crippen molar-refractivity contribution in [2.45, 2.75) is 19.4 Å². The Labute approximate surface area is 205 Å². The van der Waals surface area contributed by atoms with E-state index in [0.717, 1.165) is 45.5 Å². The van der Waals surface area contributed by atoms with Crippen molar-refractivity contribution in [3.63, 3.8) is 0 Å². The summed E-state index contributed by atoms with van der Waals surface area (Å²) in [6.07, 6.45) is 8.55. The van der Waals surface area contributed by atoms with Gasteiger partial charge in [0, 0.05) is 36.3 Å². The minimum absolute atomic E-state index is 0.644. The third-order valence-electron chi connectivity index (χ3n) is 7.41. The first-order valence-electron chi connectivity index (χ1n) is 12.2. The number of hydrogen-bond acceptors (Lipinski definition) is 3. The molecule has 174 valence electrons. The summed E-state index contributed by atoms with van der Waals surface area (Å²) in [7, 11) is 4.22. The normalized spacial score (nSPS) is 15.1. The zero-order valence-electron chi connectivity index (χ0n) is 20.1. The smallest absolute Gasteiger partial charge is 0.187 e. The van der Waals surface area contributed by atoms with Crippen molar-refractivity contribution in [1.29, 1.82) is 0 Å². The maximum atomic E-state index is 7.34. The second-order valence-corrected chi connectivity index (χ2v) is 9.71. The Bertz CT molecular complexity index is 1560. The van der Waals surface area contributed by atoms with Crippen molar-refractivity contribution in [3.05, 3.63) is 78.7 Å². The second-order valence-electron chi connectivity index (χ2n) is 9.71. The molecule has 0 atom stereocenters. The minimum Gasteiger partial charge on any atom is -0.346 e. The number of aromatic nitrogens is 4. The molecule has 35 heavy (non-hydrogen) atoms. The first-order valence-corrected chi connectivity index (χ1v) is 12.2. The summed E-state index contributed by atoms with van der Waals surface area (Å²) in [4.78, 5) is 15.6. The molecule has 3 aromatic heterocycles. The Hall–Kier alpha value is -3.95. The van der Waals surface area contributed by atoms with Gasteiger partial charge in [0.25, 0.3) is 0 Å². The largest absolute Gasteiger partial charge is 0.346 e. The van der Waals surface area contributed by atoms with Crippen LogP contribution in [0, 0.1) is 12.5 Å². The molecule has 2 aromatic carbocycles. The lowest BCUT2D eigenvalue weighted by Crippen LogP contribution is -2.31. The lowest BCUT2D eigenvalue weighted by atomic mass is 9.95. The predicted molar refractivity (Wildman–Crippen MR) is 141 cm³/mol. The fraction of sp³-hybridized carbons (Fsp3) is 0.276. The van der Waals surface area contributed by atoms with Crippen molar-refractivity contribution in [2.24, 2.45) is 13.0 Å². The van der Waals surface area contributed by atoms with Gasteiger partial charge in [-0.3, -0.25) is 4.98 Å². The molecule has 1 fully saturated rings. The molecule has 6 nitrogen and oxygen atoms in total. The zero-order chi connectivity index (χ0) is 23.9. The molecule has 0 amide bonds. The molecule has 0 aliphatic carbocycles. The first kappa shape index (κ1) is 21.6. The first-order chi connectivity index (χ1) is 17.1. The Morgan fingerprint density at radius 1 is 0.943 bits per heavy atom. The van der Waals surface area contributed by atoms with E-state index in [0.29, 0.717) is 11.6 Å². The SMILES string of the molecule is [C-]#[N+]c1ccc(-c2c(-c3ccc4c(c3)ncn4C)ncc3c2ccn3CC2CCN(C)CC2)cc1. The van der Waals surface area contributed by atoms with Gasteiger partial charge in [-0.2, -0.15) is 0 Å². The van der Waals surface area contributed by atoms with E-state index in [1.165, 1.54) is 31.3 Å². The maximum absolute atomic E-state index is 7.34. The van der Waals surface area contributed by atoms with Crippen LogP contribution < -0.4 is 0 Å². The van der Waals surface area contributed by atoms with E-state index < -0.39 is 0 Å². The monoisotopic (exact) mass is 460 g/mol. The topological polar surface area (TPSA) is 43.2 Å². The summed E-state index contributed by atoms with van der Waals surface area (Å²) in [5, 5.41) is 1.19. The van der Waals surface area contributed by atoms with Gasteiger partial charge in [-0.05, 0) is 62.7 Å². The van der Waals surface area contributed by atoms with Gasteiger partial charge in [-0.1, -0.05) is 30.3 Å². The Balaban J connectivity index is 1.49. The maximum Gasteiger partial charge on any atom is 0.187 e. The number of nitrogens with zero attached hydrogens (tertiary/aromatic N) is 6. The molecule has 0 unspecified atom stereocenters. The minimum atomic E-state index is 0.644. The molecular formula is C29H28N6. The standard InChI is InChI=1S/C29H28N6/c1-30-23-7-4-21(5-8-23)28-24-12-15-35(18-20-10-13-33(2)14-11-20)27(24)17-31-29(28)22-6-9-26-25(16-22)32-19-34(26)3/h4-9,12,15-17,19-20H,10-11,13-14,18H2,2-3H3. The van der Waals surface area contributed by atoms with Crippen LogP contribution in [0.3, 0.4) is 0 Å². The highest BCUT2D eigenvalue weighted by Gasteiger charge is 2.20. The summed E-state index contributed by atoms with van der Waals surface area (Å²) in [6, 6.07) is 16.5. The summed E-state index contributed by atoms with van der Waals surface area (Å²) in [5.74, 6) is 0.689. The zero-order valence-corrected chi connectivity index (χ0v) is 20.1. The molecule has 1 aliphatic rings. The number of pyridine rings is 1. The molecule has 1 aliphatic heterocycles. The lowest BCUT2D eigenvalue weighted by Gasteiger charge is -2.29. The van der Waals surface area contributed by atoms with Crippen molar-refractivity contribution < 1.29 is 0 Å². The molecular weight excluding hydrogens is 432 g/mol. The van der Waals surface area contributed by atoms with Gasteiger partial charge in [-0.15, -0.1) is 0 Å². The average Bonchev–Trinajstić information content (AvgIpc) is 3.48. The summed E-state index contributed by atoms with van der Waals surface area (Å²) in [6.45, 7) is 10.7.